The molecule has 1 aromatic carbocycles. The smallest absolute Gasteiger partial charge is 0.133 e. The third kappa shape index (κ3) is 3.85. The molecule has 3 nitrogen and oxygen atoms in total. The second-order valence-electron chi connectivity index (χ2n) is 9.86. The van der Waals surface area contributed by atoms with Crippen molar-refractivity contribution in [3.8, 4) is 11.5 Å². The van der Waals surface area contributed by atoms with Gasteiger partial charge in [0.15, 0.2) is 0 Å². The number of ether oxygens (including phenoxy) is 1. The van der Waals surface area contributed by atoms with Gasteiger partial charge in [-0.3, -0.25) is 4.99 Å². The zero-order valence-corrected chi connectivity index (χ0v) is 18.6. The zero-order valence-electron chi connectivity index (χ0n) is 18.6. The molecular weight excluding hydrogens is 358 g/mol. The first-order chi connectivity index (χ1) is 13.9. The number of phenols is 1. The summed E-state index contributed by atoms with van der Waals surface area (Å²) >= 11 is 0. The maximum absolute atomic E-state index is 11.1. The van der Waals surface area contributed by atoms with Gasteiger partial charge in [0.1, 0.15) is 17.1 Å². The van der Waals surface area contributed by atoms with Gasteiger partial charge in [-0.05, 0) is 70.7 Å². The number of benzene rings is 1. The Labute approximate surface area is 176 Å². The summed E-state index contributed by atoms with van der Waals surface area (Å²) in [4.78, 5) is 4.81. The number of allylic oxidation sites excluding steroid dienone is 2. The van der Waals surface area contributed by atoms with Crippen LogP contribution in [-0.2, 0) is 6.42 Å². The van der Waals surface area contributed by atoms with Crippen molar-refractivity contribution in [1.82, 2.24) is 0 Å². The lowest BCUT2D eigenvalue weighted by atomic mass is 9.74. The summed E-state index contributed by atoms with van der Waals surface area (Å²) < 4.78 is 6.72. The maximum atomic E-state index is 11.1. The van der Waals surface area contributed by atoms with Crippen molar-refractivity contribution >= 4 is 6.21 Å². The highest BCUT2D eigenvalue weighted by molar-refractivity contribution is 5.65. The van der Waals surface area contributed by atoms with Gasteiger partial charge in [0, 0.05) is 23.0 Å². The molecule has 0 aromatic heterocycles. The van der Waals surface area contributed by atoms with Crippen molar-refractivity contribution in [3.05, 3.63) is 34.4 Å². The SMILES string of the molecule is CCCCCCCc1cc(O)c2c(c1C1CCC=N1)OC(C)(C)C1CC(C)=CC21. The molecule has 0 saturated heterocycles. The van der Waals surface area contributed by atoms with E-state index in [0.29, 0.717) is 11.7 Å². The van der Waals surface area contributed by atoms with Crippen molar-refractivity contribution in [2.75, 3.05) is 0 Å². The van der Waals surface area contributed by atoms with E-state index < -0.39 is 0 Å². The molecule has 2 heterocycles. The number of aromatic hydroxyl groups is 1. The molecule has 3 atom stereocenters. The van der Waals surface area contributed by atoms with Crippen LogP contribution in [0.15, 0.2) is 22.7 Å². The molecule has 0 amide bonds. The first-order valence-electron chi connectivity index (χ1n) is 11.7. The Morgan fingerprint density at radius 2 is 1.97 bits per heavy atom. The van der Waals surface area contributed by atoms with E-state index in [2.05, 4.69) is 40.0 Å². The van der Waals surface area contributed by atoms with Crippen LogP contribution in [0.25, 0.3) is 0 Å². The van der Waals surface area contributed by atoms with Crippen molar-refractivity contribution in [2.45, 2.75) is 103 Å². The van der Waals surface area contributed by atoms with Crippen LogP contribution in [0, 0.1) is 5.92 Å². The number of rotatable bonds is 7. The molecule has 1 aromatic rings. The normalized spacial score (nSPS) is 26.8. The summed E-state index contributed by atoms with van der Waals surface area (Å²) in [6.07, 6.45) is 14.8. The minimum atomic E-state index is -0.241. The van der Waals surface area contributed by atoms with Gasteiger partial charge in [0.25, 0.3) is 0 Å². The molecule has 3 heteroatoms. The lowest BCUT2D eigenvalue weighted by Crippen LogP contribution is -2.43. The fraction of sp³-hybridized carbons (Fsp3) is 0.654. The molecule has 0 saturated carbocycles. The number of phenolic OH excluding ortho intramolecular Hbond substituents is 1. The Bertz CT molecular complexity index is 820. The Morgan fingerprint density at radius 1 is 1.17 bits per heavy atom. The van der Waals surface area contributed by atoms with Gasteiger partial charge in [-0.15, -0.1) is 0 Å². The van der Waals surface area contributed by atoms with Crippen molar-refractivity contribution in [1.29, 1.82) is 0 Å². The summed E-state index contributed by atoms with van der Waals surface area (Å²) in [6.45, 7) is 8.90. The number of aliphatic imine (C=N–C) groups is 1. The van der Waals surface area contributed by atoms with Gasteiger partial charge in [0.2, 0.25) is 0 Å². The van der Waals surface area contributed by atoms with Crippen molar-refractivity contribution in [3.63, 3.8) is 0 Å². The predicted molar refractivity (Wildman–Crippen MR) is 120 cm³/mol. The largest absolute Gasteiger partial charge is 0.507 e. The lowest BCUT2D eigenvalue weighted by molar-refractivity contribution is 0.0210. The van der Waals surface area contributed by atoms with E-state index in [0.717, 1.165) is 43.4 Å². The highest BCUT2D eigenvalue weighted by Gasteiger charge is 2.48. The summed E-state index contributed by atoms with van der Waals surface area (Å²) in [5.74, 6) is 2.00. The van der Waals surface area contributed by atoms with E-state index >= 15 is 0 Å². The molecule has 4 rings (SSSR count). The third-order valence-corrected chi connectivity index (χ3v) is 7.19. The van der Waals surface area contributed by atoms with E-state index in [1.165, 1.54) is 42.4 Å². The summed E-state index contributed by atoms with van der Waals surface area (Å²) in [7, 11) is 0. The zero-order chi connectivity index (χ0) is 20.6. The molecule has 29 heavy (non-hydrogen) atoms. The quantitative estimate of drug-likeness (QED) is 0.398. The molecule has 1 aliphatic carbocycles. The van der Waals surface area contributed by atoms with Crippen LogP contribution in [0.3, 0.4) is 0 Å². The first kappa shape index (κ1) is 20.5. The Balaban J connectivity index is 1.75. The average Bonchev–Trinajstić information content (AvgIpc) is 3.31. The topological polar surface area (TPSA) is 41.8 Å². The van der Waals surface area contributed by atoms with Crippen LogP contribution in [-0.4, -0.2) is 16.9 Å². The summed E-state index contributed by atoms with van der Waals surface area (Å²) in [5.41, 5.74) is 4.68. The summed E-state index contributed by atoms with van der Waals surface area (Å²) in [6, 6.07) is 2.22. The van der Waals surface area contributed by atoms with Crippen LogP contribution in [0.2, 0.25) is 0 Å². The molecule has 1 N–H and O–H groups in total. The lowest BCUT2D eigenvalue weighted by Gasteiger charge is -2.43. The number of hydrogen-bond donors (Lipinski definition) is 1. The highest BCUT2D eigenvalue weighted by Crippen LogP contribution is 2.57. The van der Waals surface area contributed by atoms with E-state index in [1.807, 2.05) is 6.07 Å². The minimum absolute atomic E-state index is 0.175. The number of hydrogen-bond acceptors (Lipinski definition) is 3. The number of fused-ring (bicyclic) bond motifs is 3. The monoisotopic (exact) mass is 395 g/mol. The fourth-order valence-electron chi connectivity index (χ4n) is 5.64. The van der Waals surface area contributed by atoms with Crippen LogP contribution in [0.5, 0.6) is 11.5 Å². The van der Waals surface area contributed by atoms with Gasteiger partial charge in [-0.25, -0.2) is 0 Å². The molecule has 0 radical (unpaired) electrons. The predicted octanol–water partition coefficient (Wildman–Crippen LogP) is 7.03. The van der Waals surface area contributed by atoms with Gasteiger partial charge >= 0.3 is 0 Å². The highest BCUT2D eigenvalue weighted by atomic mass is 16.5. The first-order valence-corrected chi connectivity index (χ1v) is 11.7. The van der Waals surface area contributed by atoms with E-state index in [9.17, 15) is 5.11 Å². The molecule has 3 aliphatic rings. The molecule has 0 fully saturated rings. The Hall–Kier alpha value is -1.77. The molecule has 158 valence electrons. The molecule has 3 unspecified atom stereocenters. The van der Waals surface area contributed by atoms with E-state index in [1.54, 1.807) is 0 Å². The molecule has 2 aliphatic heterocycles. The summed E-state index contributed by atoms with van der Waals surface area (Å²) in [5, 5.41) is 11.1. The Morgan fingerprint density at radius 3 is 2.69 bits per heavy atom. The average molecular weight is 396 g/mol. The maximum Gasteiger partial charge on any atom is 0.133 e. The van der Waals surface area contributed by atoms with Crippen LogP contribution in [0.4, 0.5) is 0 Å². The van der Waals surface area contributed by atoms with Crippen molar-refractivity contribution < 1.29 is 9.84 Å². The fourth-order valence-corrected chi connectivity index (χ4v) is 5.64. The minimum Gasteiger partial charge on any atom is -0.507 e. The van der Waals surface area contributed by atoms with Gasteiger partial charge in [0.05, 0.1) is 6.04 Å². The van der Waals surface area contributed by atoms with Gasteiger partial charge < -0.3 is 9.84 Å². The number of aryl methyl sites for hydroxylation is 1. The van der Waals surface area contributed by atoms with Crippen LogP contribution in [0.1, 0.15) is 108 Å². The third-order valence-electron chi connectivity index (χ3n) is 7.19. The van der Waals surface area contributed by atoms with Crippen LogP contribution >= 0.6 is 0 Å². The second-order valence-corrected chi connectivity index (χ2v) is 9.86. The molecular formula is C26H37NO2. The second kappa shape index (κ2) is 8.16. The standard InChI is InChI=1S/C26H37NO2/c1-5-6-7-8-9-11-18-16-22(28)24-19-14-17(2)15-20(19)26(3,4)29-25(24)23(18)21-12-10-13-27-21/h13-14,16,19-21,28H,5-12,15H2,1-4H3. The number of nitrogens with zero attached hydrogens (tertiary/aromatic N) is 1. The van der Waals surface area contributed by atoms with Crippen LogP contribution < -0.4 is 4.74 Å². The van der Waals surface area contributed by atoms with E-state index in [-0.39, 0.29) is 17.6 Å². The molecule has 0 bridgehead atoms. The Kier molecular flexibility index (Phi) is 5.77. The van der Waals surface area contributed by atoms with Crippen molar-refractivity contribution in [2.24, 2.45) is 10.9 Å². The number of unbranched alkanes of at least 4 members (excludes halogenated alkanes) is 4. The van der Waals surface area contributed by atoms with Gasteiger partial charge in [-0.1, -0.05) is 44.3 Å². The van der Waals surface area contributed by atoms with Gasteiger partial charge in [-0.2, -0.15) is 0 Å². The van der Waals surface area contributed by atoms with E-state index in [4.69, 9.17) is 9.73 Å². The molecule has 0 spiro atoms.